The molecule has 1 aliphatic heterocycles. The van der Waals surface area contributed by atoms with E-state index in [1.54, 1.807) is 31.4 Å². The Bertz CT molecular complexity index is 949. The molecule has 6 nitrogen and oxygen atoms in total. The summed E-state index contributed by atoms with van der Waals surface area (Å²) in [4.78, 5) is 14.9. The van der Waals surface area contributed by atoms with Crippen molar-refractivity contribution in [1.29, 1.82) is 0 Å². The molecule has 7 heteroatoms. The highest BCUT2D eigenvalue weighted by Gasteiger charge is 2.23. The highest BCUT2D eigenvalue weighted by atomic mass is 32.2. The fourth-order valence-electron chi connectivity index (χ4n) is 3.70. The minimum Gasteiger partial charge on any atom is -0.496 e. The molecule has 1 N–H and O–H groups in total. The molecule has 2 aromatic rings. The van der Waals surface area contributed by atoms with Crippen LogP contribution in [0.15, 0.2) is 53.4 Å². The van der Waals surface area contributed by atoms with Crippen LogP contribution in [0.2, 0.25) is 0 Å². The number of carbonyl (C=O) groups is 1. The van der Waals surface area contributed by atoms with Crippen LogP contribution in [0.4, 0.5) is 0 Å². The van der Waals surface area contributed by atoms with Crippen LogP contribution in [0.25, 0.3) is 0 Å². The highest BCUT2D eigenvalue weighted by Crippen LogP contribution is 2.21. The monoisotopic (exact) mass is 430 g/mol. The van der Waals surface area contributed by atoms with Crippen molar-refractivity contribution in [3.05, 3.63) is 59.7 Å². The molecule has 1 heterocycles. The van der Waals surface area contributed by atoms with Crippen molar-refractivity contribution in [2.45, 2.75) is 43.7 Å². The van der Waals surface area contributed by atoms with Crippen molar-refractivity contribution < 1.29 is 17.9 Å². The van der Waals surface area contributed by atoms with Gasteiger partial charge in [0.15, 0.2) is 9.84 Å². The fourth-order valence-corrected chi connectivity index (χ4v) is 4.94. The van der Waals surface area contributed by atoms with E-state index in [1.807, 2.05) is 25.1 Å². The first-order chi connectivity index (χ1) is 14.4. The summed E-state index contributed by atoms with van der Waals surface area (Å²) in [6.45, 7) is 4.49. The van der Waals surface area contributed by atoms with Gasteiger partial charge in [0.1, 0.15) is 5.75 Å². The van der Waals surface area contributed by atoms with Crippen LogP contribution in [-0.2, 0) is 21.2 Å². The summed E-state index contributed by atoms with van der Waals surface area (Å²) in [6, 6.07) is 14.8. The zero-order chi connectivity index (χ0) is 21.6. The average molecular weight is 431 g/mol. The molecule has 0 aromatic heterocycles. The maximum atomic E-state index is 12.4. The Morgan fingerprint density at radius 2 is 1.77 bits per heavy atom. The third-order valence-electron chi connectivity index (χ3n) is 5.52. The van der Waals surface area contributed by atoms with E-state index in [2.05, 4.69) is 16.3 Å². The predicted molar refractivity (Wildman–Crippen MR) is 117 cm³/mol. The van der Waals surface area contributed by atoms with Gasteiger partial charge in [-0.25, -0.2) is 8.42 Å². The Balaban J connectivity index is 1.43. The number of amides is 1. The Kier molecular flexibility index (Phi) is 7.50. The van der Waals surface area contributed by atoms with Crippen molar-refractivity contribution in [3.8, 4) is 5.75 Å². The largest absolute Gasteiger partial charge is 0.496 e. The third kappa shape index (κ3) is 6.06. The van der Waals surface area contributed by atoms with Gasteiger partial charge in [0, 0.05) is 37.7 Å². The summed E-state index contributed by atoms with van der Waals surface area (Å²) >= 11 is 0. The third-order valence-corrected chi connectivity index (χ3v) is 7.25. The van der Waals surface area contributed by atoms with Gasteiger partial charge in [-0.1, -0.05) is 35.9 Å². The van der Waals surface area contributed by atoms with Crippen LogP contribution in [0.5, 0.6) is 5.75 Å². The Labute approximate surface area is 179 Å². The molecule has 0 bridgehead atoms. The maximum Gasteiger partial charge on any atom is 0.221 e. The number of piperidine rings is 1. The van der Waals surface area contributed by atoms with Crippen molar-refractivity contribution in [3.63, 3.8) is 0 Å². The first kappa shape index (κ1) is 22.3. The predicted octanol–water partition coefficient (Wildman–Crippen LogP) is 2.95. The van der Waals surface area contributed by atoms with Gasteiger partial charge < -0.3 is 10.1 Å². The van der Waals surface area contributed by atoms with E-state index in [-0.39, 0.29) is 29.0 Å². The molecular weight excluding hydrogens is 400 g/mol. The standard InChI is InChI=1S/C23H30N2O4S/c1-18-7-9-21(10-8-18)30(27,28)16-13-23(26)24-20-11-14-25(15-12-20)17-19-5-3-4-6-22(19)29-2/h3-10,20H,11-17H2,1-2H3,(H,24,26). The molecule has 3 rings (SSSR count). The van der Waals surface area contributed by atoms with Gasteiger partial charge in [0.2, 0.25) is 5.91 Å². The summed E-state index contributed by atoms with van der Waals surface area (Å²) in [6.07, 6.45) is 1.69. The molecule has 0 unspecified atom stereocenters. The number of para-hydroxylation sites is 1. The molecule has 1 amide bonds. The number of hydrogen-bond donors (Lipinski definition) is 1. The summed E-state index contributed by atoms with van der Waals surface area (Å²) < 4.78 is 30.2. The summed E-state index contributed by atoms with van der Waals surface area (Å²) in [5, 5.41) is 3.00. The minimum absolute atomic E-state index is 0.0162. The van der Waals surface area contributed by atoms with Crippen LogP contribution in [0, 0.1) is 6.92 Å². The summed E-state index contributed by atoms with van der Waals surface area (Å²) in [5.74, 6) is 0.519. The summed E-state index contributed by atoms with van der Waals surface area (Å²) in [5.41, 5.74) is 2.16. The smallest absolute Gasteiger partial charge is 0.221 e. The Morgan fingerprint density at radius 3 is 2.43 bits per heavy atom. The number of aryl methyl sites for hydroxylation is 1. The van der Waals surface area contributed by atoms with Crippen molar-refractivity contribution in [2.24, 2.45) is 0 Å². The molecule has 30 heavy (non-hydrogen) atoms. The molecule has 0 spiro atoms. The number of ether oxygens (including phenoxy) is 1. The van der Waals surface area contributed by atoms with Gasteiger partial charge in [-0.15, -0.1) is 0 Å². The quantitative estimate of drug-likeness (QED) is 0.697. The van der Waals surface area contributed by atoms with Crippen molar-refractivity contribution in [2.75, 3.05) is 26.0 Å². The molecule has 1 aliphatic rings. The second-order valence-corrected chi connectivity index (χ2v) is 9.92. The van der Waals surface area contributed by atoms with Gasteiger partial charge in [-0.2, -0.15) is 0 Å². The van der Waals surface area contributed by atoms with E-state index in [9.17, 15) is 13.2 Å². The van der Waals surface area contributed by atoms with Crippen LogP contribution in [0.1, 0.15) is 30.4 Å². The number of likely N-dealkylation sites (tertiary alicyclic amines) is 1. The lowest BCUT2D eigenvalue weighted by Crippen LogP contribution is -2.44. The number of carbonyl (C=O) groups excluding carboxylic acids is 1. The lowest BCUT2D eigenvalue weighted by molar-refractivity contribution is -0.121. The van der Waals surface area contributed by atoms with Crippen LogP contribution in [0.3, 0.4) is 0 Å². The van der Waals surface area contributed by atoms with Gasteiger partial charge in [-0.05, 0) is 38.0 Å². The number of nitrogens with zero attached hydrogens (tertiary/aromatic N) is 1. The van der Waals surface area contributed by atoms with Crippen LogP contribution in [-0.4, -0.2) is 51.2 Å². The van der Waals surface area contributed by atoms with Gasteiger partial charge in [0.25, 0.3) is 0 Å². The Morgan fingerprint density at radius 1 is 1.10 bits per heavy atom. The number of benzene rings is 2. The number of methoxy groups -OCH3 is 1. The lowest BCUT2D eigenvalue weighted by Gasteiger charge is -2.32. The first-order valence-corrected chi connectivity index (χ1v) is 12.0. The van der Waals surface area contributed by atoms with E-state index in [1.165, 1.54) is 0 Å². The summed E-state index contributed by atoms with van der Waals surface area (Å²) in [7, 11) is -1.76. The average Bonchev–Trinajstić information content (AvgIpc) is 2.74. The molecule has 1 saturated heterocycles. The number of rotatable bonds is 8. The minimum atomic E-state index is -3.44. The molecule has 0 saturated carbocycles. The van der Waals surface area contributed by atoms with Crippen LogP contribution >= 0.6 is 0 Å². The molecule has 1 fully saturated rings. The highest BCUT2D eigenvalue weighted by molar-refractivity contribution is 7.91. The number of hydrogen-bond acceptors (Lipinski definition) is 5. The van der Waals surface area contributed by atoms with Crippen molar-refractivity contribution >= 4 is 15.7 Å². The second-order valence-electron chi connectivity index (χ2n) is 7.81. The van der Waals surface area contributed by atoms with Gasteiger partial charge >= 0.3 is 0 Å². The van der Waals surface area contributed by atoms with E-state index in [0.717, 1.165) is 49.4 Å². The van der Waals surface area contributed by atoms with Crippen LogP contribution < -0.4 is 10.1 Å². The first-order valence-electron chi connectivity index (χ1n) is 10.3. The molecule has 2 aromatic carbocycles. The number of sulfone groups is 1. The fraction of sp³-hybridized carbons (Fsp3) is 0.435. The van der Waals surface area contributed by atoms with E-state index in [0.29, 0.717) is 0 Å². The van der Waals surface area contributed by atoms with Gasteiger partial charge in [-0.3, -0.25) is 9.69 Å². The van der Waals surface area contributed by atoms with E-state index in [4.69, 9.17) is 4.74 Å². The van der Waals surface area contributed by atoms with E-state index < -0.39 is 9.84 Å². The number of nitrogens with one attached hydrogen (secondary N) is 1. The van der Waals surface area contributed by atoms with Crippen molar-refractivity contribution in [1.82, 2.24) is 10.2 Å². The van der Waals surface area contributed by atoms with E-state index >= 15 is 0 Å². The SMILES string of the molecule is COc1ccccc1CN1CCC(NC(=O)CCS(=O)(=O)c2ccc(C)cc2)CC1. The molecule has 162 valence electrons. The second kappa shape index (κ2) is 10.1. The molecule has 0 atom stereocenters. The lowest BCUT2D eigenvalue weighted by atomic mass is 10.0. The zero-order valence-electron chi connectivity index (χ0n) is 17.6. The Hall–Kier alpha value is -2.38. The molecule has 0 aliphatic carbocycles. The van der Waals surface area contributed by atoms with Gasteiger partial charge in [0.05, 0.1) is 17.8 Å². The zero-order valence-corrected chi connectivity index (χ0v) is 18.5. The normalized spacial score (nSPS) is 15.7. The molecular formula is C23H30N2O4S. The topological polar surface area (TPSA) is 75.7 Å². The molecule has 0 radical (unpaired) electrons. The maximum absolute atomic E-state index is 12.4.